The van der Waals surface area contributed by atoms with Crippen LogP contribution in [0.15, 0.2) is 18.2 Å². The maximum absolute atomic E-state index is 11.5. The molecule has 2 amide bonds. The molecule has 0 radical (unpaired) electrons. The molecule has 0 atom stereocenters. The van der Waals surface area contributed by atoms with Crippen LogP contribution in [0.25, 0.3) is 0 Å². The number of halogens is 2. The van der Waals surface area contributed by atoms with Gasteiger partial charge in [0.05, 0.1) is 10.7 Å². The van der Waals surface area contributed by atoms with Crippen molar-refractivity contribution in [3.05, 3.63) is 23.2 Å². The minimum absolute atomic E-state index is 0.218. The largest absolute Gasteiger partial charge is 0.465 e. The highest BCUT2D eigenvalue weighted by molar-refractivity contribution is 6.33. The molecular formula is C11H12Cl2N2O3. The Morgan fingerprint density at radius 1 is 1.28 bits per heavy atom. The van der Waals surface area contributed by atoms with Gasteiger partial charge >= 0.3 is 6.09 Å². The molecule has 0 aliphatic carbocycles. The van der Waals surface area contributed by atoms with Gasteiger partial charge in [0.1, 0.15) is 0 Å². The first-order chi connectivity index (χ1) is 8.52. The summed E-state index contributed by atoms with van der Waals surface area (Å²) >= 11 is 11.4. The second-order valence-electron chi connectivity index (χ2n) is 3.47. The highest BCUT2D eigenvalue weighted by Gasteiger charge is 2.07. The summed E-state index contributed by atoms with van der Waals surface area (Å²) in [5.41, 5.74) is 0.696. The summed E-state index contributed by atoms with van der Waals surface area (Å²) in [5.74, 6) is 0.187. The summed E-state index contributed by atoms with van der Waals surface area (Å²) in [6.45, 7) is 0. The molecule has 18 heavy (non-hydrogen) atoms. The van der Waals surface area contributed by atoms with Crippen LogP contribution in [0.4, 0.5) is 16.2 Å². The Balaban J connectivity index is 2.74. The number of amides is 2. The van der Waals surface area contributed by atoms with E-state index in [4.69, 9.17) is 28.3 Å². The van der Waals surface area contributed by atoms with Crippen LogP contribution in [-0.2, 0) is 4.79 Å². The number of hydrogen-bond donors (Lipinski definition) is 3. The van der Waals surface area contributed by atoms with Crippen LogP contribution < -0.4 is 10.6 Å². The van der Waals surface area contributed by atoms with Crippen molar-refractivity contribution in [2.24, 2.45) is 0 Å². The highest BCUT2D eigenvalue weighted by atomic mass is 35.5. The Morgan fingerprint density at radius 2 is 2.00 bits per heavy atom. The molecule has 7 heteroatoms. The Hall–Kier alpha value is -1.46. The molecule has 5 nitrogen and oxygen atoms in total. The van der Waals surface area contributed by atoms with E-state index in [2.05, 4.69) is 10.6 Å². The van der Waals surface area contributed by atoms with Crippen LogP contribution in [0, 0.1) is 0 Å². The molecule has 0 spiro atoms. The van der Waals surface area contributed by atoms with E-state index in [0.717, 1.165) is 0 Å². The molecule has 1 aromatic carbocycles. The van der Waals surface area contributed by atoms with E-state index in [1.165, 1.54) is 18.2 Å². The first-order valence-corrected chi connectivity index (χ1v) is 6.09. The van der Waals surface area contributed by atoms with Gasteiger partial charge in [-0.15, -0.1) is 11.6 Å². The number of carboxylic acid groups (broad SMARTS) is 1. The predicted molar refractivity (Wildman–Crippen MR) is 71.7 cm³/mol. The van der Waals surface area contributed by atoms with Crippen LogP contribution in [0.5, 0.6) is 0 Å². The zero-order valence-electron chi connectivity index (χ0n) is 9.37. The van der Waals surface area contributed by atoms with Gasteiger partial charge < -0.3 is 10.4 Å². The third-order valence-electron chi connectivity index (χ3n) is 2.03. The lowest BCUT2D eigenvalue weighted by molar-refractivity contribution is -0.116. The number of carbonyl (C=O) groups excluding carboxylic acids is 1. The van der Waals surface area contributed by atoms with Crippen molar-refractivity contribution in [3.63, 3.8) is 0 Å². The molecule has 0 aromatic heterocycles. The van der Waals surface area contributed by atoms with Crippen molar-refractivity contribution in [1.82, 2.24) is 0 Å². The van der Waals surface area contributed by atoms with E-state index in [9.17, 15) is 9.59 Å². The zero-order valence-corrected chi connectivity index (χ0v) is 10.9. The molecule has 98 valence electrons. The second kappa shape index (κ2) is 7.08. The van der Waals surface area contributed by atoms with Gasteiger partial charge in [0.25, 0.3) is 0 Å². The molecule has 0 aliphatic heterocycles. The summed E-state index contributed by atoms with van der Waals surface area (Å²) in [4.78, 5) is 22.0. The summed E-state index contributed by atoms with van der Waals surface area (Å²) in [5, 5.41) is 13.7. The van der Waals surface area contributed by atoms with Crippen molar-refractivity contribution in [1.29, 1.82) is 0 Å². The number of anilines is 2. The first-order valence-electron chi connectivity index (χ1n) is 5.18. The molecule has 3 N–H and O–H groups in total. The van der Waals surface area contributed by atoms with E-state index in [1.807, 2.05) is 0 Å². The van der Waals surface area contributed by atoms with Gasteiger partial charge in [-0.2, -0.15) is 0 Å². The Bertz CT molecular complexity index is 452. The van der Waals surface area contributed by atoms with Gasteiger partial charge in [-0.1, -0.05) is 11.6 Å². The van der Waals surface area contributed by atoms with E-state index >= 15 is 0 Å². The van der Waals surface area contributed by atoms with Gasteiger partial charge in [0.2, 0.25) is 5.91 Å². The fourth-order valence-electron chi connectivity index (χ4n) is 1.26. The molecule has 0 saturated heterocycles. The minimum atomic E-state index is -1.18. The zero-order chi connectivity index (χ0) is 13.5. The molecule has 0 fully saturated rings. The normalized spacial score (nSPS) is 9.89. The summed E-state index contributed by atoms with van der Waals surface area (Å²) in [6, 6.07) is 4.46. The highest BCUT2D eigenvalue weighted by Crippen LogP contribution is 2.25. The van der Waals surface area contributed by atoms with E-state index in [-0.39, 0.29) is 12.3 Å². The number of hydrogen-bond acceptors (Lipinski definition) is 2. The number of benzene rings is 1. The van der Waals surface area contributed by atoms with Crippen LogP contribution in [0.3, 0.4) is 0 Å². The third-order valence-corrected chi connectivity index (χ3v) is 2.63. The first kappa shape index (κ1) is 14.6. The Labute approximate surface area is 114 Å². The van der Waals surface area contributed by atoms with Crippen molar-refractivity contribution >= 4 is 46.6 Å². The average molecular weight is 291 g/mol. The third kappa shape index (κ3) is 4.81. The van der Waals surface area contributed by atoms with Crippen molar-refractivity contribution < 1.29 is 14.7 Å². The monoisotopic (exact) mass is 290 g/mol. The average Bonchev–Trinajstić information content (AvgIpc) is 2.30. The molecule has 0 bridgehead atoms. The van der Waals surface area contributed by atoms with Crippen molar-refractivity contribution in [2.45, 2.75) is 12.8 Å². The number of carbonyl (C=O) groups is 2. The van der Waals surface area contributed by atoms with Crippen LogP contribution in [0.1, 0.15) is 12.8 Å². The second-order valence-corrected chi connectivity index (χ2v) is 4.25. The fourth-order valence-corrected chi connectivity index (χ4v) is 1.56. The topological polar surface area (TPSA) is 78.4 Å². The van der Waals surface area contributed by atoms with E-state index < -0.39 is 6.09 Å². The lowest BCUT2D eigenvalue weighted by atomic mass is 10.2. The maximum atomic E-state index is 11.5. The predicted octanol–water partition coefficient (Wildman–Crippen LogP) is 3.39. The Kier molecular flexibility index (Phi) is 5.74. The standard InChI is InChI=1S/C11H12Cl2N2O3/c12-5-1-2-10(16)15-9-6-7(14-11(17)18)3-4-8(9)13/h3-4,6,14H,1-2,5H2,(H,15,16)(H,17,18). The molecule has 1 rings (SSSR count). The summed E-state index contributed by atoms with van der Waals surface area (Å²) in [6.07, 6.45) is -0.328. The molecule has 0 aliphatic rings. The lowest BCUT2D eigenvalue weighted by Gasteiger charge is -2.09. The van der Waals surface area contributed by atoms with E-state index in [1.54, 1.807) is 0 Å². The molecular weight excluding hydrogens is 279 g/mol. The molecule has 0 heterocycles. The molecule has 0 unspecified atom stereocenters. The lowest BCUT2D eigenvalue weighted by Crippen LogP contribution is -2.12. The van der Waals surface area contributed by atoms with Crippen molar-refractivity contribution in [2.75, 3.05) is 16.5 Å². The molecule has 0 saturated carbocycles. The number of nitrogens with one attached hydrogen (secondary N) is 2. The number of rotatable bonds is 5. The van der Waals surface area contributed by atoms with Crippen molar-refractivity contribution in [3.8, 4) is 0 Å². The molecule has 1 aromatic rings. The van der Waals surface area contributed by atoms with Gasteiger partial charge in [-0.05, 0) is 24.6 Å². The van der Waals surface area contributed by atoms with Gasteiger partial charge in [0.15, 0.2) is 0 Å². The van der Waals surface area contributed by atoms with Crippen LogP contribution >= 0.6 is 23.2 Å². The summed E-state index contributed by atoms with van der Waals surface area (Å²) in [7, 11) is 0. The van der Waals surface area contributed by atoms with Crippen LogP contribution in [0.2, 0.25) is 5.02 Å². The van der Waals surface area contributed by atoms with Gasteiger partial charge in [-0.3, -0.25) is 10.1 Å². The SMILES string of the molecule is O=C(O)Nc1ccc(Cl)c(NC(=O)CCCCl)c1. The quantitative estimate of drug-likeness (QED) is 0.727. The van der Waals surface area contributed by atoms with Gasteiger partial charge in [0, 0.05) is 18.0 Å². The smallest absolute Gasteiger partial charge is 0.409 e. The maximum Gasteiger partial charge on any atom is 0.409 e. The number of alkyl halides is 1. The Morgan fingerprint density at radius 3 is 2.61 bits per heavy atom. The van der Waals surface area contributed by atoms with Gasteiger partial charge in [-0.25, -0.2) is 4.79 Å². The van der Waals surface area contributed by atoms with E-state index in [0.29, 0.717) is 28.7 Å². The fraction of sp³-hybridized carbons (Fsp3) is 0.273. The van der Waals surface area contributed by atoms with Crippen LogP contribution in [-0.4, -0.2) is 23.0 Å². The summed E-state index contributed by atoms with van der Waals surface area (Å²) < 4.78 is 0. The minimum Gasteiger partial charge on any atom is -0.465 e.